The van der Waals surface area contributed by atoms with Gasteiger partial charge in [-0.15, -0.1) is 0 Å². The van der Waals surface area contributed by atoms with E-state index in [9.17, 15) is 26.3 Å². The molecule has 0 aromatic heterocycles. The second-order valence-corrected chi connectivity index (χ2v) is 4.55. The normalized spacial score (nSPS) is 9.85. The maximum Gasteiger partial charge on any atom is 2.00 e. The van der Waals surface area contributed by atoms with Gasteiger partial charge in [0.1, 0.15) is 0 Å². The Balaban J connectivity index is -0.000000161. The minimum absolute atomic E-state index is 0. The molecular formula is C16H12BrClF6Mg2. The third kappa shape index (κ3) is 12.7. The SMILES string of the molecule is Cc1cc[c-]c(C(F)(F)F)c1.Cc1cc[c-]c(C(F)(F)F)c1.[Br-].[Cl-].[Mg+2].[Mg+2]. The number of halogens is 8. The first-order chi connectivity index (χ1) is 10.00. The smallest absolute Gasteiger partial charge is 1.00 e. The van der Waals surface area contributed by atoms with E-state index in [0.717, 1.165) is 12.1 Å². The fourth-order valence-electron chi connectivity index (χ4n) is 1.49. The molecule has 0 spiro atoms. The van der Waals surface area contributed by atoms with Gasteiger partial charge in [-0.2, -0.15) is 86.0 Å². The van der Waals surface area contributed by atoms with E-state index in [2.05, 4.69) is 12.1 Å². The van der Waals surface area contributed by atoms with Crippen molar-refractivity contribution in [2.45, 2.75) is 26.2 Å². The zero-order chi connectivity index (χ0) is 17.0. The third-order valence-electron chi connectivity index (χ3n) is 2.52. The van der Waals surface area contributed by atoms with Gasteiger partial charge < -0.3 is 29.4 Å². The van der Waals surface area contributed by atoms with Crippen molar-refractivity contribution in [2.75, 3.05) is 0 Å². The van der Waals surface area contributed by atoms with Crippen molar-refractivity contribution in [3.05, 3.63) is 70.8 Å². The number of benzene rings is 2. The van der Waals surface area contributed by atoms with Crippen LogP contribution >= 0.6 is 0 Å². The van der Waals surface area contributed by atoms with E-state index in [1.54, 1.807) is 26.0 Å². The van der Waals surface area contributed by atoms with E-state index < -0.39 is 23.5 Å². The van der Waals surface area contributed by atoms with Crippen molar-refractivity contribution in [1.29, 1.82) is 0 Å². The molecule has 2 aromatic rings. The summed E-state index contributed by atoms with van der Waals surface area (Å²) in [6.07, 6.45) is -8.54. The molecule has 0 atom stereocenters. The molecule has 0 aliphatic heterocycles. The molecule has 0 aliphatic rings. The van der Waals surface area contributed by atoms with Gasteiger partial charge >= 0.3 is 58.5 Å². The van der Waals surface area contributed by atoms with Crippen LogP contribution in [-0.2, 0) is 12.4 Å². The van der Waals surface area contributed by atoms with E-state index in [0.29, 0.717) is 11.1 Å². The third-order valence-corrected chi connectivity index (χ3v) is 2.52. The number of alkyl halides is 6. The molecule has 0 nitrogen and oxygen atoms in total. The summed E-state index contributed by atoms with van der Waals surface area (Å²) in [5.74, 6) is 0. The Bertz CT molecular complexity index is 577. The monoisotopic (exact) mass is 480 g/mol. The van der Waals surface area contributed by atoms with Gasteiger partial charge in [-0.1, -0.05) is 25.0 Å². The van der Waals surface area contributed by atoms with Crippen molar-refractivity contribution >= 4 is 46.1 Å². The minimum atomic E-state index is -4.27. The van der Waals surface area contributed by atoms with Crippen molar-refractivity contribution in [3.8, 4) is 0 Å². The second kappa shape index (κ2) is 14.3. The van der Waals surface area contributed by atoms with Crippen LogP contribution in [-0.4, -0.2) is 46.1 Å². The van der Waals surface area contributed by atoms with Crippen LogP contribution in [0.1, 0.15) is 22.3 Å². The van der Waals surface area contributed by atoms with E-state index in [-0.39, 0.29) is 75.5 Å². The fraction of sp³-hybridized carbons (Fsp3) is 0.250. The Hall–Kier alpha value is 0.322. The van der Waals surface area contributed by atoms with E-state index >= 15 is 0 Å². The Kier molecular flexibility index (Phi) is 18.7. The van der Waals surface area contributed by atoms with Crippen molar-refractivity contribution in [3.63, 3.8) is 0 Å². The van der Waals surface area contributed by atoms with Crippen LogP contribution in [0.5, 0.6) is 0 Å². The van der Waals surface area contributed by atoms with Crippen LogP contribution in [0.15, 0.2) is 36.4 Å². The first-order valence-corrected chi connectivity index (χ1v) is 6.11. The van der Waals surface area contributed by atoms with Crippen LogP contribution < -0.4 is 29.4 Å². The number of hydrogen-bond acceptors (Lipinski definition) is 0. The van der Waals surface area contributed by atoms with Crippen LogP contribution in [0.2, 0.25) is 0 Å². The molecule has 0 N–H and O–H groups in total. The van der Waals surface area contributed by atoms with Gasteiger partial charge in [-0.05, 0) is 0 Å². The second-order valence-electron chi connectivity index (χ2n) is 4.55. The van der Waals surface area contributed by atoms with E-state index in [4.69, 9.17) is 0 Å². The first-order valence-electron chi connectivity index (χ1n) is 6.11. The molecule has 0 heterocycles. The largest absolute Gasteiger partial charge is 2.00 e. The number of rotatable bonds is 0. The molecular weight excluding hydrogens is 470 g/mol. The quantitative estimate of drug-likeness (QED) is 0.254. The zero-order valence-corrected chi connectivity index (χ0v) is 19.1. The average molecular weight is 482 g/mol. The summed E-state index contributed by atoms with van der Waals surface area (Å²) in [5, 5.41) is 0. The Labute approximate surface area is 197 Å². The summed E-state index contributed by atoms with van der Waals surface area (Å²) < 4.78 is 71.6. The van der Waals surface area contributed by atoms with Crippen molar-refractivity contribution in [2.24, 2.45) is 0 Å². The van der Waals surface area contributed by atoms with Crippen LogP contribution in [0.3, 0.4) is 0 Å². The van der Waals surface area contributed by atoms with E-state index in [1.165, 1.54) is 12.1 Å². The molecule has 2 aromatic carbocycles. The molecule has 0 bridgehead atoms. The molecule has 0 unspecified atom stereocenters. The number of hydrogen-bond donors (Lipinski definition) is 0. The van der Waals surface area contributed by atoms with Crippen LogP contribution in [0, 0.1) is 26.0 Å². The molecule has 2 rings (SSSR count). The minimum Gasteiger partial charge on any atom is -1.00 e. The van der Waals surface area contributed by atoms with Gasteiger partial charge in [-0.25, -0.2) is 0 Å². The standard InChI is InChI=1S/2C8H6F3.BrH.ClH.2Mg/c2*1-6-3-2-4-7(5-6)8(9,10)11;;;;/h2*2-3,5H,1H3;2*1H;;/q2*-1;;;2*+2/p-2. The van der Waals surface area contributed by atoms with Gasteiger partial charge in [0.05, 0.1) is 0 Å². The maximum atomic E-state index is 11.9. The fourth-order valence-corrected chi connectivity index (χ4v) is 1.49. The van der Waals surface area contributed by atoms with Gasteiger partial charge in [0, 0.05) is 0 Å². The molecule has 136 valence electrons. The summed E-state index contributed by atoms with van der Waals surface area (Å²) in [6, 6.07) is 12.1. The Morgan fingerprint density at radius 3 is 1.12 bits per heavy atom. The van der Waals surface area contributed by atoms with Crippen molar-refractivity contribution < 1.29 is 55.7 Å². The van der Waals surface area contributed by atoms with E-state index in [1.807, 2.05) is 0 Å². The summed E-state index contributed by atoms with van der Waals surface area (Å²) in [4.78, 5) is 0. The molecule has 0 amide bonds. The zero-order valence-electron chi connectivity index (χ0n) is 13.9. The topological polar surface area (TPSA) is 0 Å². The molecule has 0 aliphatic carbocycles. The predicted octanol–water partition coefficient (Wildman–Crippen LogP) is -1.13. The average Bonchev–Trinajstić information content (AvgIpc) is 2.37. The molecule has 0 saturated heterocycles. The Morgan fingerprint density at radius 2 is 0.962 bits per heavy atom. The van der Waals surface area contributed by atoms with Crippen LogP contribution in [0.25, 0.3) is 0 Å². The van der Waals surface area contributed by atoms with Gasteiger partial charge in [-0.3, -0.25) is 0 Å². The summed E-state index contributed by atoms with van der Waals surface area (Å²) in [6.45, 7) is 3.23. The van der Waals surface area contributed by atoms with Gasteiger partial charge in [0.25, 0.3) is 0 Å². The number of aryl methyl sites for hydroxylation is 2. The summed E-state index contributed by atoms with van der Waals surface area (Å²) in [5.41, 5.74) is -0.234. The van der Waals surface area contributed by atoms with Crippen molar-refractivity contribution in [1.82, 2.24) is 0 Å². The van der Waals surface area contributed by atoms with Gasteiger partial charge in [0.15, 0.2) is 0 Å². The first kappa shape index (κ1) is 33.9. The Morgan fingerprint density at radius 1 is 0.692 bits per heavy atom. The maximum absolute atomic E-state index is 11.9. The summed E-state index contributed by atoms with van der Waals surface area (Å²) >= 11 is 0. The molecule has 0 saturated carbocycles. The molecule has 26 heavy (non-hydrogen) atoms. The van der Waals surface area contributed by atoms with Crippen LogP contribution in [0.4, 0.5) is 26.3 Å². The molecule has 10 heteroatoms. The predicted molar refractivity (Wildman–Crippen MR) is 81.5 cm³/mol. The molecule has 0 radical (unpaired) electrons. The molecule has 0 fully saturated rings. The van der Waals surface area contributed by atoms with Gasteiger partial charge in [0.2, 0.25) is 0 Å². The summed E-state index contributed by atoms with van der Waals surface area (Å²) in [7, 11) is 0.